The fourth-order valence-corrected chi connectivity index (χ4v) is 2.12. The quantitative estimate of drug-likeness (QED) is 0.911. The van der Waals surface area contributed by atoms with Crippen molar-refractivity contribution in [2.75, 3.05) is 5.32 Å². The smallest absolute Gasteiger partial charge is 0.258 e. The highest BCUT2D eigenvalue weighted by Gasteiger charge is 2.34. The molecule has 0 saturated heterocycles. The summed E-state index contributed by atoms with van der Waals surface area (Å²) in [7, 11) is 0. The molecule has 1 amide bonds. The second-order valence-corrected chi connectivity index (χ2v) is 4.92. The maximum Gasteiger partial charge on any atom is 0.258 e. The summed E-state index contributed by atoms with van der Waals surface area (Å²) in [6, 6.07) is 9.45. The van der Waals surface area contributed by atoms with Crippen molar-refractivity contribution >= 4 is 24.2 Å². The highest BCUT2D eigenvalue weighted by molar-refractivity contribution is 6.03. The Balaban J connectivity index is 0.00000147. The van der Waals surface area contributed by atoms with Gasteiger partial charge in [0, 0.05) is 23.6 Å². The Bertz CT molecular complexity index is 626. The Morgan fingerprint density at radius 3 is 2.80 bits per heavy atom. The first-order valence-electron chi connectivity index (χ1n) is 6.23. The molecule has 2 unspecified atom stereocenters. The summed E-state index contributed by atoms with van der Waals surface area (Å²) >= 11 is 0. The van der Waals surface area contributed by atoms with Crippen molar-refractivity contribution in [1.82, 2.24) is 5.16 Å². The lowest BCUT2D eigenvalue weighted by atomic mass is 10.1. The number of aromatic nitrogens is 1. The van der Waals surface area contributed by atoms with Crippen LogP contribution in [-0.2, 0) is 0 Å². The molecule has 0 spiro atoms. The number of amides is 1. The molecule has 1 aliphatic rings. The highest BCUT2D eigenvalue weighted by atomic mass is 35.5. The summed E-state index contributed by atoms with van der Waals surface area (Å²) in [5.41, 5.74) is 8.28. The van der Waals surface area contributed by atoms with Gasteiger partial charge in [-0.1, -0.05) is 17.3 Å². The number of aryl methyl sites for hydroxylation is 1. The van der Waals surface area contributed by atoms with Crippen LogP contribution in [-0.4, -0.2) is 17.1 Å². The van der Waals surface area contributed by atoms with E-state index in [0.717, 1.165) is 17.7 Å². The summed E-state index contributed by atoms with van der Waals surface area (Å²) < 4.78 is 4.96. The lowest BCUT2D eigenvalue weighted by Gasteiger charge is -2.04. The van der Waals surface area contributed by atoms with Gasteiger partial charge < -0.3 is 10.3 Å². The molecule has 0 bridgehead atoms. The molecule has 1 fully saturated rings. The van der Waals surface area contributed by atoms with Gasteiger partial charge in [-0.3, -0.25) is 10.1 Å². The molecule has 3 N–H and O–H groups in total. The number of carbonyl (C=O) groups is 1. The van der Waals surface area contributed by atoms with E-state index in [4.69, 9.17) is 10.3 Å². The summed E-state index contributed by atoms with van der Waals surface area (Å²) in [5, 5.41) is 6.40. The van der Waals surface area contributed by atoms with Crippen LogP contribution in [0.25, 0.3) is 0 Å². The van der Waals surface area contributed by atoms with Crippen molar-refractivity contribution in [3.8, 4) is 0 Å². The summed E-state index contributed by atoms with van der Waals surface area (Å²) in [6.45, 7) is 1.80. The van der Waals surface area contributed by atoms with E-state index in [0.29, 0.717) is 17.4 Å². The van der Waals surface area contributed by atoms with Crippen LogP contribution in [0.2, 0.25) is 0 Å². The monoisotopic (exact) mass is 293 g/mol. The summed E-state index contributed by atoms with van der Waals surface area (Å²) in [5.74, 6) is 0.545. The number of nitrogens with zero attached hydrogens (tertiary/aromatic N) is 1. The van der Waals surface area contributed by atoms with Crippen LogP contribution in [0.3, 0.4) is 0 Å². The van der Waals surface area contributed by atoms with Gasteiger partial charge in [0.05, 0.1) is 5.69 Å². The fraction of sp³-hybridized carbons (Fsp3) is 0.286. The number of nitrogens with one attached hydrogen (secondary N) is 1. The van der Waals surface area contributed by atoms with Gasteiger partial charge in [0.25, 0.3) is 5.91 Å². The molecule has 2 atom stereocenters. The number of halogens is 1. The van der Waals surface area contributed by atoms with Gasteiger partial charge in [-0.25, -0.2) is 0 Å². The van der Waals surface area contributed by atoms with Gasteiger partial charge in [0.2, 0.25) is 5.88 Å². The molecule has 20 heavy (non-hydrogen) atoms. The third-order valence-corrected chi connectivity index (χ3v) is 3.28. The molecular formula is C14H16ClN3O2. The van der Waals surface area contributed by atoms with Gasteiger partial charge in [-0.05, 0) is 31.0 Å². The van der Waals surface area contributed by atoms with Crippen LogP contribution < -0.4 is 11.1 Å². The molecule has 1 aromatic carbocycles. The van der Waals surface area contributed by atoms with Crippen LogP contribution in [0.15, 0.2) is 34.9 Å². The molecule has 0 radical (unpaired) electrons. The molecule has 2 aromatic rings. The van der Waals surface area contributed by atoms with Crippen LogP contribution in [0.5, 0.6) is 0 Å². The van der Waals surface area contributed by atoms with E-state index in [9.17, 15) is 4.79 Å². The van der Waals surface area contributed by atoms with Gasteiger partial charge in [-0.2, -0.15) is 0 Å². The van der Waals surface area contributed by atoms with Crippen molar-refractivity contribution in [3.63, 3.8) is 0 Å². The van der Waals surface area contributed by atoms with Gasteiger partial charge >= 0.3 is 0 Å². The molecule has 1 aliphatic carbocycles. The highest BCUT2D eigenvalue weighted by Crippen LogP contribution is 2.39. The lowest BCUT2D eigenvalue weighted by Crippen LogP contribution is -2.11. The van der Waals surface area contributed by atoms with E-state index >= 15 is 0 Å². The van der Waals surface area contributed by atoms with Crippen molar-refractivity contribution < 1.29 is 9.32 Å². The number of carbonyl (C=O) groups excluding carboxylic acids is 1. The Kier molecular flexibility index (Phi) is 4.11. The first-order chi connectivity index (χ1) is 9.13. The summed E-state index contributed by atoms with van der Waals surface area (Å²) in [4.78, 5) is 12.1. The normalized spacial score (nSPS) is 20.1. The van der Waals surface area contributed by atoms with Crippen molar-refractivity contribution in [2.45, 2.75) is 25.3 Å². The van der Waals surface area contributed by atoms with Crippen LogP contribution in [0.1, 0.15) is 34.0 Å². The zero-order chi connectivity index (χ0) is 13.4. The maximum absolute atomic E-state index is 12.1. The SMILES string of the molecule is Cc1cc(NC(=O)c2cccc(C3CC3N)c2)on1.Cl. The minimum Gasteiger partial charge on any atom is -0.338 e. The Morgan fingerprint density at radius 2 is 2.20 bits per heavy atom. The second kappa shape index (κ2) is 5.64. The average Bonchev–Trinajstić information content (AvgIpc) is 3.00. The molecule has 6 heteroatoms. The molecule has 1 aromatic heterocycles. The molecule has 0 aliphatic heterocycles. The van der Waals surface area contributed by atoms with Crippen molar-refractivity contribution in [1.29, 1.82) is 0 Å². The van der Waals surface area contributed by atoms with E-state index in [1.54, 1.807) is 19.1 Å². The molecular weight excluding hydrogens is 278 g/mol. The average molecular weight is 294 g/mol. The van der Waals surface area contributed by atoms with E-state index in [2.05, 4.69) is 10.5 Å². The summed E-state index contributed by atoms with van der Waals surface area (Å²) in [6.07, 6.45) is 0.992. The van der Waals surface area contributed by atoms with Gasteiger partial charge in [0.1, 0.15) is 0 Å². The third-order valence-electron chi connectivity index (χ3n) is 3.28. The first-order valence-corrected chi connectivity index (χ1v) is 6.23. The lowest BCUT2D eigenvalue weighted by molar-refractivity contribution is 0.102. The number of nitrogens with two attached hydrogens (primary N) is 1. The van der Waals surface area contributed by atoms with Crippen molar-refractivity contribution in [3.05, 3.63) is 47.2 Å². The Hall–Kier alpha value is -1.85. The number of anilines is 1. The van der Waals surface area contributed by atoms with Crippen molar-refractivity contribution in [2.24, 2.45) is 5.73 Å². The predicted molar refractivity (Wildman–Crippen MR) is 78.2 cm³/mol. The van der Waals surface area contributed by atoms with E-state index < -0.39 is 0 Å². The van der Waals surface area contributed by atoms with E-state index in [1.807, 2.05) is 18.2 Å². The third kappa shape index (κ3) is 3.00. The van der Waals surface area contributed by atoms with Gasteiger partial charge in [0.15, 0.2) is 0 Å². The first kappa shape index (κ1) is 14.6. The minimum absolute atomic E-state index is 0. The number of hydrogen-bond donors (Lipinski definition) is 2. The Labute approximate surface area is 122 Å². The zero-order valence-corrected chi connectivity index (χ0v) is 11.8. The maximum atomic E-state index is 12.1. The number of hydrogen-bond acceptors (Lipinski definition) is 4. The number of rotatable bonds is 3. The standard InChI is InChI=1S/C14H15N3O2.ClH/c1-8-5-13(19-17-8)16-14(18)10-4-2-3-9(6-10)11-7-12(11)15;/h2-6,11-12H,7,15H2,1H3,(H,16,18);1H. The van der Waals surface area contributed by atoms with Gasteiger partial charge in [-0.15, -0.1) is 12.4 Å². The van der Waals surface area contributed by atoms with Crippen LogP contribution in [0, 0.1) is 6.92 Å². The number of benzene rings is 1. The molecule has 1 heterocycles. The molecule has 106 valence electrons. The topological polar surface area (TPSA) is 81.2 Å². The predicted octanol–water partition coefficient (Wildman–Crippen LogP) is 2.47. The largest absolute Gasteiger partial charge is 0.338 e. The molecule has 1 saturated carbocycles. The van der Waals surface area contributed by atoms with E-state index in [-0.39, 0.29) is 24.4 Å². The second-order valence-electron chi connectivity index (χ2n) is 4.92. The molecule has 3 rings (SSSR count). The van der Waals surface area contributed by atoms with E-state index in [1.165, 1.54) is 0 Å². The fourth-order valence-electron chi connectivity index (χ4n) is 2.12. The minimum atomic E-state index is -0.202. The molecule has 5 nitrogen and oxygen atoms in total. The van der Waals surface area contributed by atoms with Crippen LogP contribution >= 0.6 is 12.4 Å². The Morgan fingerprint density at radius 1 is 1.45 bits per heavy atom. The van der Waals surface area contributed by atoms with Crippen LogP contribution in [0.4, 0.5) is 5.88 Å². The zero-order valence-electron chi connectivity index (χ0n) is 11.0.